The zero-order valence-corrected chi connectivity index (χ0v) is 17.6. The first-order valence-electron chi connectivity index (χ1n) is 11.0. The molecule has 0 aromatic heterocycles. The highest BCUT2D eigenvalue weighted by Crippen LogP contribution is 2.39. The molecule has 1 saturated carbocycles. The summed E-state index contributed by atoms with van der Waals surface area (Å²) in [6.07, 6.45) is 6.11. The molecule has 1 N–H and O–H groups in total. The standard InChI is InChI=1S/C23H35N3O2/c1-23(2,3)28-22(27)26-15-17-13-20(14-18(17)16-26)24-19-7-9-21(10-8-19)25-11-5-4-6-12-25/h7-10,17-18,20,24H,4-6,11-16H2,1-3H3/t17-,18+,20?. The van der Waals surface area contributed by atoms with E-state index in [0.717, 1.165) is 25.9 Å². The predicted octanol–water partition coefficient (Wildman–Crippen LogP) is 4.73. The lowest BCUT2D eigenvalue weighted by atomic mass is 10.0. The molecule has 154 valence electrons. The predicted molar refractivity (Wildman–Crippen MR) is 114 cm³/mol. The zero-order chi connectivity index (χ0) is 19.7. The SMILES string of the molecule is CC(C)(C)OC(=O)N1C[C@H]2CC(Nc3ccc(N4CCCCC4)cc3)C[C@H]2C1. The molecule has 5 nitrogen and oxygen atoms in total. The highest BCUT2D eigenvalue weighted by atomic mass is 16.6. The lowest BCUT2D eigenvalue weighted by Gasteiger charge is -2.29. The van der Waals surface area contributed by atoms with Gasteiger partial charge in [0.05, 0.1) is 0 Å². The van der Waals surface area contributed by atoms with Gasteiger partial charge in [-0.25, -0.2) is 4.79 Å². The Kier molecular flexibility index (Phi) is 5.44. The fraction of sp³-hybridized carbons (Fsp3) is 0.696. The third-order valence-electron chi connectivity index (χ3n) is 6.36. The molecule has 1 unspecified atom stereocenters. The molecule has 3 fully saturated rings. The van der Waals surface area contributed by atoms with Crippen LogP contribution < -0.4 is 10.2 Å². The van der Waals surface area contributed by atoms with Crippen LogP contribution in [0.4, 0.5) is 16.2 Å². The molecule has 2 aliphatic heterocycles. The number of carbonyl (C=O) groups is 1. The number of benzene rings is 1. The van der Waals surface area contributed by atoms with Crippen LogP contribution in [0.1, 0.15) is 52.9 Å². The van der Waals surface area contributed by atoms with Crippen LogP contribution in [0.3, 0.4) is 0 Å². The second kappa shape index (κ2) is 7.84. The molecule has 1 aromatic rings. The Balaban J connectivity index is 1.27. The number of anilines is 2. The minimum atomic E-state index is -0.417. The monoisotopic (exact) mass is 385 g/mol. The van der Waals surface area contributed by atoms with E-state index in [-0.39, 0.29) is 6.09 Å². The summed E-state index contributed by atoms with van der Waals surface area (Å²) in [5.41, 5.74) is 2.15. The Bertz CT molecular complexity index is 662. The van der Waals surface area contributed by atoms with E-state index < -0.39 is 5.60 Å². The van der Waals surface area contributed by atoms with Gasteiger partial charge in [-0.2, -0.15) is 0 Å². The maximum atomic E-state index is 12.3. The third kappa shape index (κ3) is 4.56. The fourth-order valence-electron chi connectivity index (χ4n) is 5.05. The first-order valence-corrected chi connectivity index (χ1v) is 11.0. The number of hydrogen-bond donors (Lipinski definition) is 1. The number of likely N-dealkylation sites (tertiary alicyclic amines) is 1. The minimum Gasteiger partial charge on any atom is -0.444 e. The van der Waals surface area contributed by atoms with Crippen LogP contribution in [0.5, 0.6) is 0 Å². The molecule has 5 heteroatoms. The first-order chi connectivity index (χ1) is 13.4. The van der Waals surface area contributed by atoms with Crippen molar-refractivity contribution in [3.63, 3.8) is 0 Å². The molecule has 3 aliphatic rings. The molecule has 1 amide bonds. The van der Waals surface area contributed by atoms with Gasteiger partial charge in [-0.15, -0.1) is 0 Å². The zero-order valence-electron chi connectivity index (χ0n) is 17.6. The second-order valence-corrected chi connectivity index (χ2v) is 9.81. The molecule has 2 saturated heterocycles. The van der Waals surface area contributed by atoms with Crippen LogP contribution >= 0.6 is 0 Å². The number of rotatable bonds is 3. The van der Waals surface area contributed by atoms with Crippen molar-refractivity contribution in [2.24, 2.45) is 11.8 Å². The van der Waals surface area contributed by atoms with Crippen LogP contribution in [0.25, 0.3) is 0 Å². The van der Waals surface area contributed by atoms with E-state index in [0.29, 0.717) is 17.9 Å². The molecule has 1 aromatic carbocycles. The fourth-order valence-corrected chi connectivity index (χ4v) is 5.05. The highest BCUT2D eigenvalue weighted by Gasteiger charge is 2.43. The molecule has 0 radical (unpaired) electrons. The number of piperidine rings is 1. The van der Waals surface area contributed by atoms with Gasteiger partial charge in [0.25, 0.3) is 0 Å². The number of ether oxygens (including phenoxy) is 1. The lowest BCUT2D eigenvalue weighted by Crippen LogP contribution is -2.36. The Morgan fingerprint density at radius 3 is 2.18 bits per heavy atom. The van der Waals surface area contributed by atoms with Crippen molar-refractivity contribution in [3.8, 4) is 0 Å². The minimum absolute atomic E-state index is 0.153. The van der Waals surface area contributed by atoms with Gasteiger partial charge in [0.2, 0.25) is 0 Å². The van der Waals surface area contributed by atoms with E-state index in [4.69, 9.17) is 4.74 Å². The van der Waals surface area contributed by atoms with Crippen molar-refractivity contribution < 1.29 is 9.53 Å². The van der Waals surface area contributed by atoms with Gasteiger partial charge in [0, 0.05) is 43.6 Å². The van der Waals surface area contributed by atoms with Gasteiger partial charge in [-0.05, 0) is 89.0 Å². The van der Waals surface area contributed by atoms with Crippen molar-refractivity contribution in [1.29, 1.82) is 0 Å². The Morgan fingerprint density at radius 1 is 1.00 bits per heavy atom. The third-order valence-corrected chi connectivity index (χ3v) is 6.36. The second-order valence-electron chi connectivity index (χ2n) is 9.81. The van der Waals surface area contributed by atoms with Gasteiger partial charge < -0.3 is 19.9 Å². The Morgan fingerprint density at radius 2 is 1.61 bits per heavy atom. The number of nitrogens with zero attached hydrogens (tertiary/aromatic N) is 2. The van der Waals surface area contributed by atoms with Gasteiger partial charge in [0.15, 0.2) is 0 Å². The molecule has 3 atom stereocenters. The van der Waals surface area contributed by atoms with Gasteiger partial charge >= 0.3 is 6.09 Å². The summed E-state index contributed by atoms with van der Waals surface area (Å²) < 4.78 is 5.54. The number of fused-ring (bicyclic) bond motifs is 1. The smallest absolute Gasteiger partial charge is 0.410 e. The van der Waals surface area contributed by atoms with Crippen molar-refractivity contribution in [2.75, 3.05) is 36.4 Å². The quantitative estimate of drug-likeness (QED) is 0.817. The highest BCUT2D eigenvalue weighted by molar-refractivity contribution is 5.68. The van der Waals surface area contributed by atoms with E-state index in [2.05, 4.69) is 34.5 Å². The number of carbonyl (C=O) groups excluding carboxylic acids is 1. The van der Waals surface area contributed by atoms with E-state index in [1.807, 2.05) is 25.7 Å². The van der Waals surface area contributed by atoms with Crippen LogP contribution in [0.2, 0.25) is 0 Å². The number of amides is 1. The Labute approximate surface area is 169 Å². The van der Waals surface area contributed by atoms with Gasteiger partial charge in [0.1, 0.15) is 5.60 Å². The van der Waals surface area contributed by atoms with Gasteiger partial charge in [-0.3, -0.25) is 0 Å². The van der Waals surface area contributed by atoms with Crippen molar-refractivity contribution in [1.82, 2.24) is 4.90 Å². The normalized spacial score (nSPS) is 27.6. The summed E-state index contributed by atoms with van der Waals surface area (Å²) in [7, 11) is 0. The number of nitrogens with one attached hydrogen (secondary N) is 1. The lowest BCUT2D eigenvalue weighted by molar-refractivity contribution is 0.0280. The van der Waals surface area contributed by atoms with Crippen molar-refractivity contribution in [3.05, 3.63) is 24.3 Å². The van der Waals surface area contributed by atoms with Crippen molar-refractivity contribution >= 4 is 17.5 Å². The topological polar surface area (TPSA) is 44.8 Å². The molecule has 2 heterocycles. The van der Waals surface area contributed by atoms with Crippen molar-refractivity contribution in [2.45, 2.75) is 64.5 Å². The molecule has 0 bridgehead atoms. The molecular weight excluding hydrogens is 350 g/mol. The summed E-state index contributed by atoms with van der Waals surface area (Å²) in [5.74, 6) is 1.19. The average Bonchev–Trinajstić information content (AvgIpc) is 3.20. The van der Waals surface area contributed by atoms with Gasteiger partial charge in [-0.1, -0.05) is 0 Å². The van der Waals surface area contributed by atoms with E-state index >= 15 is 0 Å². The maximum absolute atomic E-state index is 12.3. The van der Waals surface area contributed by atoms with Crippen LogP contribution in [0, 0.1) is 11.8 Å². The maximum Gasteiger partial charge on any atom is 0.410 e. The molecule has 1 aliphatic carbocycles. The summed E-state index contributed by atoms with van der Waals surface area (Å²) in [6.45, 7) is 9.84. The molecular formula is C23H35N3O2. The van der Waals surface area contributed by atoms with Crippen LogP contribution in [-0.2, 0) is 4.74 Å². The summed E-state index contributed by atoms with van der Waals surface area (Å²) in [6, 6.07) is 9.48. The summed E-state index contributed by atoms with van der Waals surface area (Å²) in [4.78, 5) is 16.7. The van der Waals surface area contributed by atoms with E-state index in [1.165, 1.54) is 43.7 Å². The Hall–Kier alpha value is -1.91. The van der Waals surface area contributed by atoms with E-state index in [1.54, 1.807) is 0 Å². The number of hydrogen-bond acceptors (Lipinski definition) is 4. The molecule has 4 rings (SSSR count). The molecule has 28 heavy (non-hydrogen) atoms. The van der Waals surface area contributed by atoms with Crippen LogP contribution in [-0.4, -0.2) is 48.8 Å². The largest absolute Gasteiger partial charge is 0.444 e. The summed E-state index contributed by atoms with van der Waals surface area (Å²) >= 11 is 0. The average molecular weight is 386 g/mol. The van der Waals surface area contributed by atoms with E-state index in [9.17, 15) is 4.79 Å². The first kappa shape index (κ1) is 19.4. The van der Waals surface area contributed by atoms with Crippen LogP contribution in [0.15, 0.2) is 24.3 Å². The molecule has 0 spiro atoms. The summed E-state index contributed by atoms with van der Waals surface area (Å²) in [5, 5.41) is 3.73.